The van der Waals surface area contributed by atoms with Crippen molar-refractivity contribution in [1.82, 2.24) is 20.5 Å². The van der Waals surface area contributed by atoms with Crippen molar-refractivity contribution >= 4 is 29.1 Å². The number of carbonyl (C=O) groups is 3. The number of hydrogen-bond donors (Lipinski definition) is 4. The first-order valence-electron chi connectivity index (χ1n) is 15.6. The fourth-order valence-corrected chi connectivity index (χ4v) is 5.70. The number of hydrogen-bond acceptors (Lipinski definition) is 11. The van der Waals surface area contributed by atoms with Gasteiger partial charge in [0.25, 0.3) is 0 Å². The summed E-state index contributed by atoms with van der Waals surface area (Å²) in [5.41, 5.74) is 9.42. The molecule has 14 heteroatoms. The van der Waals surface area contributed by atoms with Crippen molar-refractivity contribution in [3.63, 3.8) is 0 Å². The number of nitrogens with zero attached hydrogens (tertiary/aromatic N) is 2. The van der Waals surface area contributed by atoms with Crippen LogP contribution in [0.15, 0.2) is 29.8 Å². The van der Waals surface area contributed by atoms with Crippen molar-refractivity contribution in [1.29, 1.82) is 0 Å². The second-order valence-corrected chi connectivity index (χ2v) is 13.0. The monoisotopic (exact) mass is 663 g/mol. The molecule has 0 radical (unpaired) electrons. The highest BCUT2D eigenvalue weighted by Crippen LogP contribution is 2.28. The molecule has 256 valence electrons. The highest BCUT2D eigenvalue weighted by molar-refractivity contribution is 7.13. The second kappa shape index (κ2) is 19.0. The third kappa shape index (κ3) is 12.0. The topological polar surface area (TPSA) is 175 Å². The Morgan fingerprint density at radius 1 is 1.02 bits per heavy atom. The number of thiazole rings is 1. The van der Waals surface area contributed by atoms with E-state index < -0.39 is 35.4 Å². The van der Waals surface area contributed by atoms with Crippen molar-refractivity contribution in [2.24, 2.45) is 11.1 Å². The minimum Gasteiger partial charge on any atom is -0.391 e. The average molecular weight is 664 g/mol. The molecular formula is C32H49N5O8S. The van der Waals surface area contributed by atoms with Gasteiger partial charge >= 0.3 is 0 Å². The Morgan fingerprint density at radius 2 is 1.63 bits per heavy atom. The lowest BCUT2D eigenvalue weighted by atomic mass is 9.85. The molecule has 0 aliphatic carbocycles. The van der Waals surface area contributed by atoms with Crippen LogP contribution in [-0.4, -0.2) is 117 Å². The van der Waals surface area contributed by atoms with Crippen LogP contribution in [0.3, 0.4) is 0 Å². The van der Waals surface area contributed by atoms with E-state index in [0.717, 1.165) is 21.7 Å². The summed E-state index contributed by atoms with van der Waals surface area (Å²) in [4.78, 5) is 46.5. The zero-order valence-corrected chi connectivity index (χ0v) is 28.1. The SMILES string of the molecule is Cc1ncsc1-c1ccc(CNC(=O)C2C[C@@H](O)CN2C(=O)C(NC(=O)COCCOCCOCCOCCN)C(C)(C)C)cc1. The van der Waals surface area contributed by atoms with E-state index in [1.54, 1.807) is 11.3 Å². The maximum Gasteiger partial charge on any atom is 0.246 e. The van der Waals surface area contributed by atoms with Gasteiger partial charge in [-0.15, -0.1) is 11.3 Å². The van der Waals surface area contributed by atoms with E-state index in [4.69, 9.17) is 24.7 Å². The van der Waals surface area contributed by atoms with Gasteiger partial charge in [-0.05, 0) is 23.5 Å². The number of likely N-dealkylation sites (tertiary alicyclic amines) is 1. The molecule has 3 amide bonds. The number of nitrogens with two attached hydrogens (primary N) is 1. The summed E-state index contributed by atoms with van der Waals surface area (Å²) in [5, 5.41) is 16.1. The molecule has 2 heterocycles. The highest BCUT2D eigenvalue weighted by Gasteiger charge is 2.44. The first-order chi connectivity index (χ1) is 22.0. The first-order valence-corrected chi connectivity index (χ1v) is 16.4. The zero-order valence-electron chi connectivity index (χ0n) is 27.3. The molecule has 5 N–H and O–H groups in total. The lowest BCUT2D eigenvalue weighted by Gasteiger charge is -2.35. The van der Waals surface area contributed by atoms with E-state index in [-0.39, 0.29) is 45.2 Å². The fourth-order valence-electron chi connectivity index (χ4n) is 4.89. The molecule has 2 aromatic rings. The Morgan fingerprint density at radius 3 is 2.20 bits per heavy atom. The van der Waals surface area contributed by atoms with Gasteiger partial charge in [0.1, 0.15) is 18.7 Å². The Bertz CT molecular complexity index is 1240. The smallest absolute Gasteiger partial charge is 0.246 e. The number of aliphatic hydroxyl groups excluding tert-OH is 1. The Balaban J connectivity index is 1.45. The molecule has 1 aliphatic rings. The summed E-state index contributed by atoms with van der Waals surface area (Å²) >= 11 is 1.58. The van der Waals surface area contributed by atoms with Crippen molar-refractivity contribution < 1.29 is 38.4 Å². The number of β-amino-alcohol motifs (C(OH)–C–C–N with tert-alkyl or cyclic N) is 1. The van der Waals surface area contributed by atoms with E-state index in [1.807, 2.05) is 57.5 Å². The van der Waals surface area contributed by atoms with Gasteiger partial charge < -0.3 is 45.3 Å². The van der Waals surface area contributed by atoms with E-state index >= 15 is 0 Å². The van der Waals surface area contributed by atoms with E-state index in [0.29, 0.717) is 39.6 Å². The standard InChI is InChI=1S/C32H49N5O8S/c1-22-28(46-21-35-22)24-7-5-23(6-8-24)18-34-30(40)26-17-25(38)19-37(26)31(41)29(32(2,3)4)36-27(39)20-45-16-15-44-14-13-43-12-11-42-10-9-33/h5-8,21,25-26,29,38H,9-20,33H2,1-4H3,(H,34,40)(H,36,39)/t25-,26?,29?/m1/s1. The van der Waals surface area contributed by atoms with Crippen LogP contribution in [0.5, 0.6) is 0 Å². The predicted octanol–water partition coefficient (Wildman–Crippen LogP) is 1.25. The molecule has 1 saturated heterocycles. The van der Waals surface area contributed by atoms with Crippen LogP contribution >= 0.6 is 11.3 Å². The molecule has 13 nitrogen and oxygen atoms in total. The summed E-state index contributed by atoms with van der Waals surface area (Å²) in [6, 6.07) is 6.07. The van der Waals surface area contributed by atoms with Crippen LogP contribution in [-0.2, 0) is 39.9 Å². The van der Waals surface area contributed by atoms with E-state index in [1.165, 1.54) is 4.90 Å². The van der Waals surface area contributed by atoms with Crippen LogP contribution in [0.25, 0.3) is 10.4 Å². The molecular weight excluding hydrogens is 614 g/mol. The minimum atomic E-state index is -0.936. The summed E-state index contributed by atoms with van der Waals surface area (Å²) in [6.07, 6.45) is -0.737. The zero-order chi connectivity index (χ0) is 33.5. The molecule has 3 rings (SSSR count). The summed E-state index contributed by atoms with van der Waals surface area (Å²) in [6.45, 7) is 10.6. The summed E-state index contributed by atoms with van der Waals surface area (Å²) < 4.78 is 21.5. The molecule has 0 saturated carbocycles. The van der Waals surface area contributed by atoms with Crippen LogP contribution in [0.1, 0.15) is 38.4 Å². The lowest BCUT2D eigenvalue weighted by molar-refractivity contribution is -0.144. The predicted molar refractivity (Wildman–Crippen MR) is 174 cm³/mol. The van der Waals surface area contributed by atoms with Crippen molar-refractivity contribution in [2.45, 2.75) is 58.8 Å². The molecule has 0 bridgehead atoms. The molecule has 2 unspecified atom stereocenters. The van der Waals surface area contributed by atoms with Crippen LogP contribution in [0, 0.1) is 12.3 Å². The molecule has 46 heavy (non-hydrogen) atoms. The Labute approximate surface area is 275 Å². The maximum absolute atomic E-state index is 13.7. The molecule has 1 aliphatic heterocycles. The van der Waals surface area contributed by atoms with Crippen molar-refractivity contribution in [3.05, 3.63) is 41.0 Å². The first kappa shape index (κ1) is 37.5. The van der Waals surface area contributed by atoms with E-state index in [2.05, 4.69) is 15.6 Å². The quantitative estimate of drug-likeness (QED) is 0.160. The average Bonchev–Trinajstić information content (AvgIpc) is 3.63. The van der Waals surface area contributed by atoms with Gasteiger partial charge in [0.05, 0.1) is 68.4 Å². The molecule has 1 aromatic heterocycles. The number of benzene rings is 1. The molecule has 3 atom stereocenters. The third-order valence-corrected chi connectivity index (χ3v) is 8.30. The number of aromatic nitrogens is 1. The van der Waals surface area contributed by atoms with Crippen LogP contribution in [0.4, 0.5) is 0 Å². The van der Waals surface area contributed by atoms with Crippen LogP contribution < -0.4 is 16.4 Å². The largest absolute Gasteiger partial charge is 0.391 e. The third-order valence-electron chi connectivity index (χ3n) is 7.32. The van der Waals surface area contributed by atoms with E-state index in [9.17, 15) is 19.5 Å². The number of ether oxygens (including phenoxy) is 4. The van der Waals surface area contributed by atoms with Gasteiger partial charge in [-0.2, -0.15) is 0 Å². The fraction of sp³-hybridized carbons (Fsp3) is 0.625. The minimum absolute atomic E-state index is 0.000541. The van der Waals surface area contributed by atoms with Gasteiger partial charge in [-0.1, -0.05) is 45.0 Å². The summed E-state index contributed by atoms with van der Waals surface area (Å²) in [7, 11) is 0. The Kier molecular flexibility index (Phi) is 15.5. The summed E-state index contributed by atoms with van der Waals surface area (Å²) in [5.74, 6) is -1.26. The van der Waals surface area contributed by atoms with Gasteiger partial charge in [0.15, 0.2) is 0 Å². The van der Waals surface area contributed by atoms with Crippen molar-refractivity contribution in [2.75, 3.05) is 65.9 Å². The number of rotatable bonds is 19. The molecule has 0 spiro atoms. The van der Waals surface area contributed by atoms with Gasteiger partial charge in [0, 0.05) is 26.1 Å². The van der Waals surface area contributed by atoms with Gasteiger partial charge in [0.2, 0.25) is 17.7 Å². The number of aryl methyl sites for hydroxylation is 1. The molecule has 1 aromatic carbocycles. The lowest BCUT2D eigenvalue weighted by Crippen LogP contribution is -2.58. The normalized spacial score (nSPS) is 17.2. The van der Waals surface area contributed by atoms with Crippen LogP contribution in [0.2, 0.25) is 0 Å². The number of aliphatic hydroxyl groups is 1. The van der Waals surface area contributed by atoms with Gasteiger partial charge in [-0.3, -0.25) is 14.4 Å². The number of nitrogens with one attached hydrogen (secondary N) is 2. The molecule has 1 fully saturated rings. The maximum atomic E-state index is 13.7. The van der Waals surface area contributed by atoms with Gasteiger partial charge in [-0.25, -0.2) is 4.98 Å². The highest BCUT2D eigenvalue weighted by atomic mass is 32.1. The number of amides is 3. The van der Waals surface area contributed by atoms with Crippen molar-refractivity contribution in [3.8, 4) is 10.4 Å². The number of carbonyl (C=O) groups excluding carboxylic acids is 3. The Hall–Kier alpha value is -2.98. The second-order valence-electron chi connectivity index (χ2n) is 12.1.